The molecule has 0 spiro atoms. The molecule has 0 radical (unpaired) electrons. The van der Waals surface area contributed by atoms with E-state index in [1.807, 2.05) is 54.6 Å². The molecule has 3 N–H and O–H groups in total. The largest absolute Gasteiger partial charge is 0.491 e. The van der Waals surface area contributed by atoms with Crippen LogP contribution in [0.4, 0.5) is 0 Å². The van der Waals surface area contributed by atoms with Gasteiger partial charge in [-0.1, -0.05) is 30.3 Å². The van der Waals surface area contributed by atoms with E-state index in [2.05, 4.69) is 10.6 Å². The molecule has 8 heteroatoms. The van der Waals surface area contributed by atoms with Crippen molar-refractivity contribution in [3.05, 3.63) is 60.2 Å². The van der Waals surface area contributed by atoms with Crippen LogP contribution in [0.3, 0.4) is 0 Å². The van der Waals surface area contributed by atoms with Crippen LogP contribution in [-0.2, 0) is 20.9 Å². The molecular formula is C26H36N2O6. The first kappa shape index (κ1) is 26.0. The van der Waals surface area contributed by atoms with Gasteiger partial charge in [-0.25, -0.2) is 0 Å². The maximum Gasteiger partial charge on any atom is 0.223 e. The predicted molar refractivity (Wildman–Crippen MR) is 129 cm³/mol. The van der Waals surface area contributed by atoms with Gasteiger partial charge in [-0.3, -0.25) is 4.79 Å². The van der Waals surface area contributed by atoms with Crippen molar-refractivity contribution in [2.45, 2.75) is 25.6 Å². The highest BCUT2D eigenvalue weighted by Crippen LogP contribution is 2.18. The number of aliphatic hydroxyl groups is 1. The summed E-state index contributed by atoms with van der Waals surface area (Å²) < 4.78 is 22.2. The number of carbonyl (C=O) groups excluding carboxylic acids is 1. The van der Waals surface area contributed by atoms with E-state index >= 15 is 0 Å². The summed E-state index contributed by atoms with van der Waals surface area (Å²) in [6.07, 6.45) is 0.917. The lowest BCUT2D eigenvalue weighted by atomic mass is 9.99. The smallest absolute Gasteiger partial charge is 0.223 e. The number of rotatable bonds is 15. The fraction of sp³-hybridized carbons (Fsp3) is 0.500. The summed E-state index contributed by atoms with van der Waals surface area (Å²) in [7, 11) is 0. The first-order valence-electron chi connectivity index (χ1n) is 11.9. The Hall–Kier alpha value is -2.65. The Morgan fingerprint density at radius 1 is 0.971 bits per heavy atom. The Labute approximate surface area is 201 Å². The molecule has 1 fully saturated rings. The molecule has 2 aromatic carbocycles. The van der Waals surface area contributed by atoms with Crippen molar-refractivity contribution < 1.29 is 28.8 Å². The molecular weight excluding hydrogens is 436 g/mol. The average molecular weight is 473 g/mol. The second-order valence-electron chi connectivity index (χ2n) is 8.20. The van der Waals surface area contributed by atoms with Crippen LogP contribution < -0.4 is 20.1 Å². The summed E-state index contributed by atoms with van der Waals surface area (Å²) in [6, 6.07) is 17.3. The number of nitrogens with one attached hydrogen (secondary N) is 2. The van der Waals surface area contributed by atoms with Gasteiger partial charge in [-0.2, -0.15) is 0 Å². The standard InChI is InChI=1S/C26H36N2O6/c29-23(18-27-12-13-28-26(30)22-10-14-31-15-11-22)20-34-25-8-6-24(7-9-25)33-17-16-32-19-21-4-2-1-3-5-21/h1-9,22-23,27,29H,10-20H2,(H,28,30). The molecule has 1 atom stereocenters. The van der Waals surface area contributed by atoms with Crippen molar-refractivity contribution in [2.24, 2.45) is 5.92 Å². The Morgan fingerprint density at radius 2 is 1.68 bits per heavy atom. The highest BCUT2D eigenvalue weighted by molar-refractivity contribution is 5.78. The highest BCUT2D eigenvalue weighted by Gasteiger charge is 2.20. The van der Waals surface area contributed by atoms with Crippen molar-refractivity contribution >= 4 is 5.91 Å². The van der Waals surface area contributed by atoms with Gasteiger partial charge in [0, 0.05) is 38.8 Å². The van der Waals surface area contributed by atoms with E-state index < -0.39 is 6.10 Å². The molecule has 0 aliphatic carbocycles. The summed E-state index contributed by atoms with van der Waals surface area (Å²) in [4.78, 5) is 12.0. The van der Waals surface area contributed by atoms with Crippen LogP contribution in [0.1, 0.15) is 18.4 Å². The van der Waals surface area contributed by atoms with Crippen LogP contribution in [0, 0.1) is 5.92 Å². The first-order chi connectivity index (χ1) is 16.7. The van der Waals surface area contributed by atoms with Crippen molar-refractivity contribution in [2.75, 3.05) is 52.7 Å². The number of ether oxygens (including phenoxy) is 4. The summed E-state index contributed by atoms with van der Waals surface area (Å²) in [6.45, 7) is 4.53. The number of hydrogen-bond acceptors (Lipinski definition) is 7. The molecule has 186 valence electrons. The number of hydrogen-bond donors (Lipinski definition) is 3. The van der Waals surface area contributed by atoms with Crippen LogP contribution in [0.5, 0.6) is 11.5 Å². The molecule has 3 rings (SSSR count). The van der Waals surface area contributed by atoms with E-state index in [1.54, 1.807) is 0 Å². The van der Waals surface area contributed by atoms with E-state index in [-0.39, 0.29) is 18.4 Å². The van der Waals surface area contributed by atoms with Gasteiger partial charge in [-0.05, 0) is 42.7 Å². The minimum Gasteiger partial charge on any atom is -0.491 e. The Kier molecular flexibility index (Phi) is 11.7. The molecule has 2 aromatic rings. The topological polar surface area (TPSA) is 98.3 Å². The zero-order chi connectivity index (χ0) is 23.8. The lowest BCUT2D eigenvalue weighted by molar-refractivity contribution is -0.127. The maximum absolute atomic E-state index is 12.0. The molecule has 1 saturated heterocycles. The first-order valence-corrected chi connectivity index (χ1v) is 11.9. The molecule has 0 aromatic heterocycles. The molecule has 1 unspecified atom stereocenters. The van der Waals surface area contributed by atoms with Crippen LogP contribution in [0.15, 0.2) is 54.6 Å². The van der Waals surface area contributed by atoms with E-state index in [1.165, 1.54) is 0 Å². The van der Waals surface area contributed by atoms with Crippen LogP contribution in [-0.4, -0.2) is 69.8 Å². The Balaban J connectivity index is 1.19. The molecule has 1 heterocycles. The van der Waals surface area contributed by atoms with Gasteiger partial charge in [0.1, 0.15) is 30.8 Å². The molecule has 0 bridgehead atoms. The van der Waals surface area contributed by atoms with Crippen LogP contribution in [0.2, 0.25) is 0 Å². The van der Waals surface area contributed by atoms with Gasteiger partial charge in [-0.15, -0.1) is 0 Å². The van der Waals surface area contributed by atoms with E-state index in [0.717, 1.165) is 24.2 Å². The zero-order valence-electron chi connectivity index (χ0n) is 19.6. The molecule has 0 saturated carbocycles. The maximum atomic E-state index is 12.0. The fourth-order valence-electron chi connectivity index (χ4n) is 3.51. The summed E-state index contributed by atoms with van der Waals surface area (Å²) >= 11 is 0. The van der Waals surface area contributed by atoms with Crippen molar-refractivity contribution in [1.29, 1.82) is 0 Å². The van der Waals surface area contributed by atoms with Gasteiger partial charge < -0.3 is 34.7 Å². The number of amides is 1. The molecule has 1 aliphatic rings. The Morgan fingerprint density at radius 3 is 2.41 bits per heavy atom. The quantitative estimate of drug-likeness (QED) is 0.342. The normalized spacial score (nSPS) is 15.0. The third-order valence-electron chi connectivity index (χ3n) is 5.45. The third-order valence-corrected chi connectivity index (χ3v) is 5.45. The summed E-state index contributed by atoms with van der Waals surface area (Å²) in [5.41, 5.74) is 1.14. The van der Waals surface area contributed by atoms with Crippen LogP contribution in [0.25, 0.3) is 0 Å². The number of aliphatic hydroxyl groups excluding tert-OH is 1. The van der Waals surface area contributed by atoms with E-state index in [0.29, 0.717) is 58.4 Å². The fourth-order valence-corrected chi connectivity index (χ4v) is 3.51. The highest BCUT2D eigenvalue weighted by atomic mass is 16.5. The lowest BCUT2D eigenvalue weighted by Crippen LogP contribution is -2.40. The minimum atomic E-state index is -0.649. The second-order valence-corrected chi connectivity index (χ2v) is 8.20. The van der Waals surface area contributed by atoms with Gasteiger partial charge >= 0.3 is 0 Å². The third kappa shape index (κ3) is 10.1. The van der Waals surface area contributed by atoms with Gasteiger partial charge in [0.15, 0.2) is 0 Å². The monoisotopic (exact) mass is 472 g/mol. The average Bonchev–Trinajstić information content (AvgIpc) is 2.89. The Bertz CT molecular complexity index is 812. The van der Waals surface area contributed by atoms with Crippen molar-refractivity contribution in [3.8, 4) is 11.5 Å². The molecule has 1 aliphatic heterocycles. The number of benzene rings is 2. The number of carbonyl (C=O) groups is 1. The second kappa shape index (κ2) is 15.3. The van der Waals surface area contributed by atoms with Gasteiger partial charge in [0.2, 0.25) is 5.91 Å². The molecule has 34 heavy (non-hydrogen) atoms. The van der Waals surface area contributed by atoms with Crippen molar-refractivity contribution in [3.63, 3.8) is 0 Å². The van der Waals surface area contributed by atoms with Crippen LogP contribution >= 0.6 is 0 Å². The van der Waals surface area contributed by atoms with Gasteiger partial charge in [0.05, 0.1) is 13.2 Å². The minimum absolute atomic E-state index is 0.0532. The summed E-state index contributed by atoms with van der Waals surface area (Å²) in [5.74, 6) is 1.54. The van der Waals surface area contributed by atoms with Gasteiger partial charge in [0.25, 0.3) is 0 Å². The lowest BCUT2D eigenvalue weighted by Gasteiger charge is -2.21. The van der Waals surface area contributed by atoms with E-state index in [4.69, 9.17) is 18.9 Å². The van der Waals surface area contributed by atoms with E-state index in [9.17, 15) is 9.90 Å². The molecule has 1 amide bonds. The SMILES string of the molecule is O=C(NCCNCC(O)COc1ccc(OCCOCc2ccccc2)cc1)C1CCOCC1. The predicted octanol–water partition coefficient (Wildman–Crippen LogP) is 2.15. The zero-order valence-corrected chi connectivity index (χ0v) is 19.6. The molecule has 8 nitrogen and oxygen atoms in total. The summed E-state index contributed by atoms with van der Waals surface area (Å²) in [5, 5.41) is 16.2. The van der Waals surface area contributed by atoms with Crippen molar-refractivity contribution in [1.82, 2.24) is 10.6 Å².